The van der Waals surface area contributed by atoms with Gasteiger partial charge in [-0.15, -0.1) is 0 Å². The molecule has 0 bridgehead atoms. The maximum absolute atomic E-state index is 14.9. The standard InChI is InChI=1S/C57H82N14O15/c1-28(2)45(60)54(83)64-37(8-7-23-63-57(61)62)48(77)66-39(24-31-9-15-34(72)16-10-31)50(79)67-40(25-32-11-17-35(73)18-12-32)51(80)68-41(26-33-13-19-36(74)20-14-33)52(81)70-46(29(3)4)55(84)65-38(21-22-43(58)75)49(78)69-42(27-44(59)76)53(82)71-47(30(5)6)56(85)86/h9-20,28-30,37-42,45-47,72-74H,7-8,21-27,60H2,1-6H3,(H2,58,75)(H2,59,76)(H,64,83)(H,65,84)(H,66,77)(H,67,79)(H,68,80)(H,69,78)(H,70,81)(H,71,82)(H,85,86)(H4,61,62,63)/t37-,38-,39-,40-,41-,42-,45-,46-,47-/m0/s1. The fraction of sp³-hybridized carbons (Fsp3) is 0.474. The number of carbonyl (C=O) groups is 11. The molecule has 10 amide bonds. The van der Waals surface area contributed by atoms with Crippen LogP contribution in [0.4, 0.5) is 0 Å². The molecule has 470 valence electrons. The number of guanidine groups is 1. The molecular weight excluding hydrogens is 1120 g/mol. The number of phenolic OH excluding ortho intramolecular Hbond substituents is 3. The predicted octanol–water partition coefficient (Wildman–Crippen LogP) is -2.72. The summed E-state index contributed by atoms with van der Waals surface area (Å²) < 4.78 is 0. The Labute approximate surface area is 497 Å². The molecule has 0 aromatic heterocycles. The fourth-order valence-corrected chi connectivity index (χ4v) is 8.45. The third-order valence-corrected chi connectivity index (χ3v) is 13.5. The molecule has 0 saturated carbocycles. The van der Waals surface area contributed by atoms with E-state index in [1.807, 2.05) is 0 Å². The van der Waals surface area contributed by atoms with Crippen molar-refractivity contribution in [3.63, 3.8) is 0 Å². The van der Waals surface area contributed by atoms with Crippen LogP contribution >= 0.6 is 0 Å². The Bertz CT molecular complexity index is 2870. The van der Waals surface area contributed by atoms with Gasteiger partial charge in [-0.05, 0) is 90.1 Å². The second kappa shape index (κ2) is 34.3. The first kappa shape index (κ1) is 70.7. The van der Waals surface area contributed by atoms with Crippen molar-refractivity contribution in [3.05, 3.63) is 89.5 Å². The van der Waals surface area contributed by atoms with Gasteiger partial charge in [0.05, 0.1) is 12.5 Å². The van der Waals surface area contributed by atoms with E-state index in [2.05, 4.69) is 47.5 Å². The van der Waals surface area contributed by atoms with Gasteiger partial charge < -0.3 is 91.6 Å². The first-order valence-corrected chi connectivity index (χ1v) is 27.7. The third kappa shape index (κ3) is 24.3. The second-order valence-corrected chi connectivity index (χ2v) is 21.7. The summed E-state index contributed by atoms with van der Waals surface area (Å²) in [5, 5.41) is 60.2. The molecule has 9 atom stereocenters. The van der Waals surface area contributed by atoms with E-state index in [0.29, 0.717) is 16.7 Å². The zero-order valence-electron chi connectivity index (χ0n) is 48.8. The van der Waals surface area contributed by atoms with Crippen molar-refractivity contribution < 1.29 is 73.2 Å². The molecule has 0 spiro atoms. The highest BCUT2D eigenvalue weighted by atomic mass is 16.4. The number of aromatic hydroxyl groups is 3. The van der Waals surface area contributed by atoms with Crippen LogP contribution in [-0.4, -0.2) is 152 Å². The van der Waals surface area contributed by atoms with Crippen LogP contribution in [-0.2, 0) is 72.0 Å². The van der Waals surface area contributed by atoms with Gasteiger partial charge >= 0.3 is 5.97 Å². The fourth-order valence-electron chi connectivity index (χ4n) is 8.45. The number of phenols is 3. The van der Waals surface area contributed by atoms with Gasteiger partial charge in [0.15, 0.2) is 5.96 Å². The summed E-state index contributed by atoms with van der Waals surface area (Å²) in [6.07, 6.45) is -2.48. The lowest BCUT2D eigenvalue weighted by Gasteiger charge is -2.29. The SMILES string of the molecule is CC(C)[C@H](N)C(=O)N[C@@H](CCCN=C(N)N)C(=O)N[C@@H](Cc1ccc(O)cc1)C(=O)N[C@@H](Cc1ccc(O)cc1)C(=O)N[C@@H](Cc1ccc(O)cc1)C(=O)N[C@H](C(=O)N[C@@H](CCC(N)=O)C(=O)N[C@@H](CC(N)=O)C(=O)N[C@H](C(=O)O)C(C)C)C(C)C. The monoisotopic (exact) mass is 1200 g/mol. The van der Waals surface area contributed by atoms with E-state index in [4.69, 9.17) is 28.7 Å². The minimum atomic E-state index is -1.76. The molecule has 3 aromatic carbocycles. The zero-order chi connectivity index (χ0) is 64.5. The van der Waals surface area contributed by atoms with E-state index in [1.165, 1.54) is 100 Å². The van der Waals surface area contributed by atoms with Gasteiger partial charge in [-0.1, -0.05) is 77.9 Å². The molecule has 86 heavy (non-hydrogen) atoms. The summed E-state index contributed by atoms with van der Waals surface area (Å²) in [5.41, 5.74) is 29.1. The highest BCUT2D eigenvalue weighted by Crippen LogP contribution is 2.17. The van der Waals surface area contributed by atoms with Crippen molar-refractivity contribution in [1.82, 2.24) is 42.5 Å². The first-order valence-electron chi connectivity index (χ1n) is 27.7. The number of hydrogen-bond acceptors (Lipinski definition) is 16. The quantitative estimate of drug-likeness (QED) is 0.0162. The molecule has 0 fully saturated rings. The molecule has 3 rings (SSSR count). The topological polar surface area (TPSA) is 507 Å². The van der Waals surface area contributed by atoms with E-state index in [9.17, 15) is 73.2 Å². The van der Waals surface area contributed by atoms with Crippen LogP contribution in [0.25, 0.3) is 0 Å². The Morgan fingerprint density at radius 1 is 0.419 bits per heavy atom. The van der Waals surface area contributed by atoms with Crippen LogP contribution in [0.15, 0.2) is 77.8 Å². The van der Waals surface area contributed by atoms with E-state index < -0.39 is 151 Å². The molecule has 22 N–H and O–H groups in total. The first-order chi connectivity index (χ1) is 40.3. The molecule has 0 saturated heterocycles. The second-order valence-electron chi connectivity index (χ2n) is 21.7. The van der Waals surface area contributed by atoms with Crippen LogP contribution < -0.4 is 71.2 Å². The molecule has 0 radical (unpaired) electrons. The summed E-state index contributed by atoms with van der Waals surface area (Å²) in [5.74, 6) is -13.4. The van der Waals surface area contributed by atoms with Crippen molar-refractivity contribution in [2.24, 2.45) is 51.4 Å². The summed E-state index contributed by atoms with van der Waals surface area (Å²) in [6, 6.07) is 3.36. The van der Waals surface area contributed by atoms with E-state index in [1.54, 1.807) is 13.8 Å². The lowest BCUT2D eigenvalue weighted by molar-refractivity contribution is -0.143. The minimum Gasteiger partial charge on any atom is -0.508 e. The van der Waals surface area contributed by atoms with Crippen molar-refractivity contribution in [1.29, 1.82) is 0 Å². The van der Waals surface area contributed by atoms with Gasteiger partial charge in [0.2, 0.25) is 59.1 Å². The summed E-state index contributed by atoms with van der Waals surface area (Å²) in [7, 11) is 0. The van der Waals surface area contributed by atoms with E-state index in [-0.39, 0.29) is 67.8 Å². The number of primary amides is 2. The Morgan fingerprint density at radius 3 is 1.12 bits per heavy atom. The zero-order valence-corrected chi connectivity index (χ0v) is 48.8. The molecular formula is C57H82N14O15. The number of nitrogens with two attached hydrogens (primary N) is 5. The third-order valence-electron chi connectivity index (χ3n) is 13.5. The molecule has 0 aliphatic heterocycles. The largest absolute Gasteiger partial charge is 0.508 e. The van der Waals surface area contributed by atoms with Gasteiger partial charge in [-0.2, -0.15) is 0 Å². The highest BCUT2D eigenvalue weighted by Gasteiger charge is 2.37. The van der Waals surface area contributed by atoms with Crippen molar-refractivity contribution in [2.75, 3.05) is 6.54 Å². The normalized spacial score (nSPS) is 14.3. The number of amides is 10. The van der Waals surface area contributed by atoms with Gasteiger partial charge in [0.1, 0.15) is 65.6 Å². The van der Waals surface area contributed by atoms with Crippen LogP contribution in [0.1, 0.15) is 90.3 Å². The molecule has 29 heteroatoms. The number of hydrogen-bond donors (Lipinski definition) is 17. The van der Waals surface area contributed by atoms with Crippen molar-refractivity contribution >= 4 is 71.0 Å². The Hall–Kier alpha value is -9.54. The average molecular weight is 1200 g/mol. The lowest BCUT2D eigenvalue weighted by Crippen LogP contribution is -2.62. The number of aliphatic carboxylic acids is 1. The van der Waals surface area contributed by atoms with Crippen molar-refractivity contribution in [3.8, 4) is 17.2 Å². The van der Waals surface area contributed by atoms with Crippen LogP contribution in [0.3, 0.4) is 0 Å². The molecule has 0 aliphatic rings. The minimum absolute atomic E-state index is 0.0247. The summed E-state index contributed by atoms with van der Waals surface area (Å²) in [4.78, 5) is 153. The predicted molar refractivity (Wildman–Crippen MR) is 313 cm³/mol. The number of carboxylic acids is 1. The van der Waals surface area contributed by atoms with Crippen LogP contribution in [0.5, 0.6) is 17.2 Å². The highest BCUT2D eigenvalue weighted by molar-refractivity contribution is 5.99. The van der Waals surface area contributed by atoms with Gasteiger partial charge in [0.25, 0.3) is 0 Å². The number of rotatable bonds is 35. The number of benzene rings is 3. The summed E-state index contributed by atoms with van der Waals surface area (Å²) in [6.45, 7) is 9.53. The summed E-state index contributed by atoms with van der Waals surface area (Å²) >= 11 is 0. The number of carboxylic acid groups (broad SMARTS) is 1. The number of carbonyl (C=O) groups excluding carboxylic acids is 10. The smallest absolute Gasteiger partial charge is 0.326 e. The van der Waals surface area contributed by atoms with Gasteiger partial charge in [-0.25, -0.2) is 4.79 Å². The maximum atomic E-state index is 14.9. The number of nitrogens with one attached hydrogen (secondary N) is 8. The number of aliphatic imine (C=N–C) groups is 1. The van der Waals surface area contributed by atoms with Gasteiger partial charge in [0, 0.05) is 32.2 Å². The van der Waals surface area contributed by atoms with E-state index in [0.717, 1.165) is 0 Å². The van der Waals surface area contributed by atoms with E-state index >= 15 is 0 Å². The van der Waals surface area contributed by atoms with Gasteiger partial charge in [-0.3, -0.25) is 52.9 Å². The van der Waals surface area contributed by atoms with Crippen LogP contribution in [0, 0.1) is 17.8 Å². The Kier molecular flexibility index (Phi) is 28.2. The molecule has 3 aromatic rings. The average Bonchev–Trinajstić information content (AvgIpc) is 2.70. The maximum Gasteiger partial charge on any atom is 0.326 e. The Morgan fingerprint density at radius 2 is 0.756 bits per heavy atom. The van der Waals surface area contributed by atoms with Crippen molar-refractivity contribution in [2.45, 2.75) is 147 Å². The Balaban J connectivity index is 2.08. The lowest BCUT2D eigenvalue weighted by atomic mass is 9.99. The molecule has 0 aliphatic carbocycles. The number of nitrogens with zero attached hydrogens (tertiary/aromatic N) is 1. The molecule has 29 nitrogen and oxygen atoms in total. The molecule has 0 unspecified atom stereocenters. The molecule has 0 heterocycles. The van der Waals surface area contributed by atoms with Crippen LogP contribution in [0.2, 0.25) is 0 Å².